The van der Waals surface area contributed by atoms with Gasteiger partial charge in [-0.05, 0) is 74.0 Å². The number of benzene rings is 3. The van der Waals surface area contributed by atoms with E-state index in [1.165, 1.54) is 4.68 Å². The third-order valence-corrected chi connectivity index (χ3v) is 13.0. The fraction of sp³-hybridized carbons (Fsp3) is 0.400. The predicted octanol–water partition coefficient (Wildman–Crippen LogP) is 5.67. The monoisotopic (exact) mass is 676 g/mol. The van der Waals surface area contributed by atoms with E-state index in [0.29, 0.717) is 33.9 Å². The molecule has 0 bridgehead atoms. The highest BCUT2D eigenvalue weighted by Gasteiger charge is 2.67. The number of likely N-dealkylation sites (tertiary alicyclic amines) is 1. The number of aliphatic hydroxyl groups excluding tert-OH is 1. The molecule has 1 aromatic heterocycles. The van der Waals surface area contributed by atoms with Crippen molar-refractivity contribution in [3.05, 3.63) is 93.2 Å². The fourth-order valence-electron chi connectivity index (χ4n) is 8.24. The number of rotatable bonds is 7. The second-order valence-electron chi connectivity index (χ2n) is 13.6. The van der Waals surface area contributed by atoms with Crippen LogP contribution in [-0.2, 0) is 26.5 Å². The van der Waals surface area contributed by atoms with Gasteiger partial charge in [0.15, 0.2) is 5.60 Å². The standard InChI is InChI=1S/C35H38ClFN4O5Si/c1-21-32(47(2,3)37)30(18-31(43)39-15-7-10-25(39)20-42)46-35(21)27-17-23(36)13-14-29(27)40(34(35)45)19-22-8-6-9-24(16-22)41-33(44)26-11-4-5-12-28(26)38-41/h4-6,8-9,11-14,16-17,21,25,30,32,38,42H,7,10,15,18-20H2,1-3H3/t21-,25+,30+,32-,35+/m1/s1. The van der Waals surface area contributed by atoms with Gasteiger partial charge in [-0.15, -0.1) is 0 Å². The van der Waals surface area contributed by atoms with Crippen molar-refractivity contribution in [1.29, 1.82) is 0 Å². The number of carbonyl (C=O) groups is 2. The molecule has 2 fully saturated rings. The Morgan fingerprint density at radius 3 is 2.66 bits per heavy atom. The molecule has 246 valence electrons. The number of nitrogens with zero attached hydrogens (tertiary/aromatic N) is 3. The number of anilines is 1. The van der Waals surface area contributed by atoms with Gasteiger partial charge in [0.2, 0.25) is 14.3 Å². The van der Waals surface area contributed by atoms with Gasteiger partial charge in [0.05, 0.1) is 54.0 Å². The highest BCUT2D eigenvalue weighted by Crippen LogP contribution is 2.60. The molecule has 3 aromatic carbocycles. The minimum atomic E-state index is -3.49. The van der Waals surface area contributed by atoms with Crippen molar-refractivity contribution < 1.29 is 23.5 Å². The molecule has 47 heavy (non-hydrogen) atoms. The van der Waals surface area contributed by atoms with Crippen molar-refractivity contribution in [3.8, 4) is 5.69 Å². The number of para-hydroxylation sites is 1. The molecule has 2 amide bonds. The molecule has 1 spiro atoms. The molecule has 3 aliphatic rings. The SMILES string of the molecule is C[C@@H]1[C@@H]([Si](C)(C)F)[C@H](CC(=O)N2CCC[C@H]2CO)O[C@@]12C(=O)N(Cc1cccc(-n3[nH]c4ccccc4c3=O)c1)c1ccc(Cl)cc12. The topological polar surface area (TPSA) is 108 Å². The van der Waals surface area contributed by atoms with Crippen LogP contribution in [0.15, 0.2) is 71.5 Å². The lowest BCUT2D eigenvalue weighted by atomic mass is 9.82. The number of carbonyl (C=O) groups excluding carboxylic acids is 2. The van der Waals surface area contributed by atoms with Crippen LogP contribution in [0.2, 0.25) is 23.7 Å². The summed E-state index contributed by atoms with van der Waals surface area (Å²) in [6.45, 7) is 5.64. The van der Waals surface area contributed by atoms with Gasteiger partial charge < -0.3 is 23.8 Å². The molecule has 4 aromatic rings. The summed E-state index contributed by atoms with van der Waals surface area (Å²) in [7, 11) is -3.49. The lowest BCUT2D eigenvalue weighted by molar-refractivity contribution is -0.150. The van der Waals surface area contributed by atoms with Crippen molar-refractivity contribution in [3.63, 3.8) is 0 Å². The van der Waals surface area contributed by atoms with Crippen molar-refractivity contribution in [2.24, 2.45) is 5.92 Å². The zero-order valence-corrected chi connectivity index (χ0v) is 28.3. The van der Waals surface area contributed by atoms with Crippen LogP contribution >= 0.6 is 11.6 Å². The molecule has 0 radical (unpaired) electrons. The highest BCUT2D eigenvalue weighted by molar-refractivity contribution is 6.72. The maximum Gasteiger partial charge on any atom is 0.279 e. The van der Waals surface area contributed by atoms with Crippen molar-refractivity contribution >= 4 is 48.4 Å². The maximum atomic E-state index is 16.3. The molecule has 0 unspecified atom stereocenters. The van der Waals surface area contributed by atoms with E-state index in [0.717, 1.165) is 23.9 Å². The number of hydrogen-bond donors (Lipinski definition) is 2. The van der Waals surface area contributed by atoms with E-state index in [4.69, 9.17) is 16.3 Å². The number of halogens is 2. The second-order valence-corrected chi connectivity index (χ2v) is 17.8. The number of aromatic amines is 1. The normalized spacial score (nSPS) is 25.8. The summed E-state index contributed by atoms with van der Waals surface area (Å²) in [5.41, 5.74) is 0.953. The summed E-state index contributed by atoms with van der Waals surface area (Å²) < 4.78 is 24.5. The Bertz CT molecular complexity index is 1940. The van der Waals surface area contributed by atoms with Crippen LogP contribution in [0, 0.1) is 5.92 Å². The van der Waals surface area contributed by atoms with E-state index in [-0.39, 0.29) is 43.0 Å². The summed E-state index contributed by atoms with van der Waals surface area (Å²) in [6, 6.07) is 19.7. The Hall–Kier alpha value is -3.77. The van der Waals surface area contributed by atoms with E-state index in [1.807, 2.05) is 49.4 Å². The first-order chi connectivity index (χ1) is 22.4. The van der Waals surface area contributed by atoms with Gasteiger partial charge in [0, 0.05) is 28.6 Å². The van der Waals surface area contributed by atoms with Crippen LogP contribution in [0.3, 0.4) is 0 Å². The number of hydrogen-bond acceptors (Lipinski definition) is 5. The summed E-state index contributed by atoms with van der Waals surface area (Å²) >= 11 is 6.52. The van der Waals surface area contributed by atoms with Gasteiger partial charge in [0.25, 0.3) is 11.5 Å². The second kappa shape index (κ2) is 11.7. The molecule has 7 rings (SSSR count). The summed E-state index contributed by atoms with van der Waals surface area (Å²) in [5, 5.41) is 14.0. The van der Waals surface area contributed by atoms with Gasteiger partial charge >= 0.3 is 0 Å². The van der Waals surface area contributed by atoms with Crippen LogP contribution in [0.1, 0.15) is 37.3 Å². The molecule has 12 heteroatoms. The van der Waals surface area contributed by atoms with Crippen LogP contribution in [0.5, 0.6) is 0 Å². The first kappa shape index (κ1) is 31.8. The first-order valence-corrected chi connectivity index (χ1v) is 19.5. The molecule has 4 heterocycles. The lowest BCUT2D eigenvalue weighted by Crippen LogP contribution is -2.45. The van der Waals surface area contributed by atoms with Crippen LogP contribution in [0.4, 0.5) is 9.80 Å². The van der Waals surface area contributed by atoms with E-state index < -0.39 is 31.6 Å². The van der Waals surface area contributed by atoms with Crippen molar-refractivity contribution in [1.82, 2.24) is 14.7 Å². The number of ether oxygens (including phenoxy) is 1. The molecule has 9 nitrogen and oxygen atoms in total. The minimum absolute atomic E-state index is 0.0713. The number of amides is 2. The predicted molar refractivity (Wildman–Crippen MR) is 181 cm³/mol. The largest absolute Gasteiger partial charge is 0.394 e. The molecule has 3 aliphatic heterocycles. The zero-order chi connectivity index (χ0) is 33.2. The van der Waals surface area contributed by atoms with Crippen LogP contribution < -0.4 is 10.5 Å². The maximum absolute atomic E-state index is 16.3. The molecule has 2 saturated heterocycles. The number of aromatic nitrogens is 2. The van der Waals surface area contributed by atoms with E-state index >= 15 is 4.11 Å². The third kappa shape index (κ3) is 5.15. The molecule has 2 N–H and O–H groups in total. The smallest absolute Gasteiger partial charge is 0.279 e. The van der Waals surface area contributed by atoms with Crippen molar-refractivity contribution in [2.45, 2.75) is 69.1 Å². The average molecular weight is 677 g/mol. The zero-order valence-electron chi connectivity index (χ0n) is 26.6. The van der Waals surface area contributed by atoms with Gasteiger partial charge in [0.1, 0.15) is 0 Å². The Labute approximate surface area is 278 Å². The Morgan fingerprint density at radius 1 is 1.13 bits per heavy atom. The van der Waals surface area contributed by atoms with E-state index in [1.54, 1.807) is 47.2 Å². The minimum Gasteiger partial charge on any atom is -0.394 e. The molecule has 0 aliphatic carbocycles. The Kier molecular flexibility index (Phi) is 7.94. The molecular weight excluding hydrogens is 639 g/mol. The highest BCUT2D eigenvalue weighted by atomic mass is 35.5. The number of H-pyrrole nitrogens is 1. The first-order valence-electron chi connectivity index (χ1n) is 16.1. The lowest BCUT2D eigenvalue weighted by Gasteiger charge is -2.31. The number of aliphatic hydroxyl groups is 1. The Balaban J connectivity index is 1.24. The molecule has 5 atom stereocenters. The fourth-order valence-corrected chi connectivity index (χ4v) is 10.9. The van der Waals surface area contributed by atoms with E-state index in [2.05, 4.69) is 5.10 Å². The van der Waals surface area contributed by atoms with Gasteiger partial charge in [-0.3, -0.25) is 19.5 Å². The number of fused-ring (bicyclic) bond motifs is 3. The Morgan fingerprint density at radius 2 is 1.91 bits per heavy atom. The third-order valence-electron chi connectivity index (χ3n) is 10.3. The quantitative estimate of drug-likeness (QED) is 0.194. The van der Waals surface area contributed by atoms with Crippen LogP contribution in [-0.4, -0.2) is 65.3 Å². The van der Waals surface area contributed by atoms with E-state index in [9.17, 15) is 19.5 Å². The van der Waals surface area contributed by atoms with Crippen LogP contribution in [0.25, 0.3) is 16.6 Å². The van der Waals surface area contributed by atoms with Gasteiger partial charge in [-0.2, -0.15) is 0 Å². The average Bonchev–Trinajstić information content (AvgIpc) is 3.78. The van der Waals surface area contributed by atoms with Gasteiger partial charge in [-0.25, -0.2) is 4.68 Å². The summed E-state index contributed by atoms with van der Waals surface area (Å²) in [5.74, 6) is -1.11. The summed E-state index contributed by atoms with van der Waals surface area (Å²) in [6.07, 6.45) is 0.622. The molecular formula is C35H38ClFN4O5Si. The molecule has 0 saturated carbocycles. The summed E-state index contributed by atoms with van der Waals surface area (Å²) in [4.78, 5) is 44.8. The number of nitrogens with one attached hydrogen (secondary N) is 1. The van der Waals surface area contributed by atoms with Gasteiger partial charge in [-0.1, -0.05) is 42.8 Å². The van der Waals surface area contributed by atoms with Crippen molar-refractivity contribution in [2.75, 3.05) is 18.1 Å².